The lowest BCUT2D eigenvalue weighted by Crippen LogP contribution is -2.47. The number of aliphatic hydroxyl groups excluding tert-OH is 1. The van der Waals surface area contributed by atoms with Crippen LogP contribution < -0.4 is 10.6 Å². The van der Waals surface area contributed by atoms with Gasteiger partial charge in [0.05, 0.1) is 38.5 Å². The molecule has 8 nitrogen and oxygen atoms in total. The molecule has 1 fully saturated rings. The van der Waals surface area contributed by atoms with Crippen molar-refractivity contribution >= 4 is 25.8 Å². The van der Waals surface area contributed by atoms with E-state index in [0.717, 1.165) is 29.7 Å². The number of rotatable bonds is 6. The third-order valence-corrected chi connectivity index (χ3v) is 10.8. The molecular weight excluding hydrogens is 422 g/mol. The molecular formula is C23H33N5O3Si. The lowest BCUT2D eigenvalue weighted by Gasteiger charge is -2.33. The summed E-state index contributed by atoms with van der Waals surface area (Å²) in [4.78, 5) is 28.0. The molecule has 172 valence electrons. The van der Waals surface area contributed by atoms with E-state index in [2.05, 4.69) is 40.5 Å². The molecule has 0 spiro atoms. The molecule has 1 aromatic carbocycles. The van der Waals surface area contributed by atoms with E-state index in [1.165, 1.54) is 0 Å². The van der Waals surface area contributed by atoms with Crippen molar-refractivity contribution in [2.75, 3.05) is 11.9 Å². The van der Waals surface area contributed by atoms with E-state index in [9.17, 15) is 14.7 Å². The van der Waals surface area contributed by atoms with Gasteiger partial charge in [0.25, 0.3) is 0 Å². The molecule has 1 aliphatic heterocycles. The summed E-state index contributed by atoms with van der Waals surface area (Å²) >= 11 is 0. The van der Waals surface area contributed by atoms with Gasteiger partial charge in [-0.3, -0.25) is 9.89 Å². The minimum atomic E-state index is -1.66. The largest absolute Gasteiger partial charge is 0.394 e. The van der Waals surface area contributed by atoms with E-state index in [-0.39, 0.29) is 23.6 Å². The minimum Gasteiger partial charge on any atom is -0.394 e. The molecule has 2 heterocycles. The summed E-state index contributed by atoms with van der Waals surface area (Å²) in [6, 6.07) is 8.63. The predicted molar refractivity (Wildman–Crippen MR) is 126 cm³/mol. The maximum atomic E-state index is 13.2. The van der Waals surface area contributed by atoms with Crippen LogP contribution in [0.5, 0.6) is 0 Å². The first kappa shape index (κ1) is 22.5. The number of amides is 3. The van der Waals surface area contributed by atoms with Gasteiger partial charge in [0.1, 0.15) is 0 Å². The molecule has 0 radical (unpaired) electrons. The summed E-state index contributed by atoms with van der Waals surface area (Å²) in [7, 11) is -1.66. The Bertz CT molecular complexity index is 1020. The van der Waals surface area contributed by atoms with Crippen molar-refractivity contribution < 1.29 is 14.7 Å². The number of hydrogen-bond donors (Lipinski definition) is 4. The van der Waals surface area contributed by atoms with Gasteiger partial charge in [-0.05, 0) is 32.3 Å². The number of anilines is 1. The van der Waals surface area contributed by atoms with Crippen LogP contribution in [-0.4, -0.2) is 46.8 Å². The fourth-order valence-corrected chi connectivity index (χ4v) is 7.13. The topological polar surface area (TPSA) is 110 Å². The summed E-state index contributed by atoms with van der Waals surface area (Å²) in [5, 5.41) is 23.0. The summed E-state index contributed by atoms with van der Waals surface area (Å²) < 4.78 is 0. The summed E-state index contributed by atoms with van der Waals surface area (Å²) in [6.07, 6.45) is 1.87. The third kappa shape index (κ3) is 3.63. The first-order valence-corrected chi connectivity index (χ1v) is 14.6. The number of carbonyl (C=O) groups excluding carboxylic acids is 2. The number of urea groups is 1. The highest BCUT2D eigenvalue weighted by Crippen LogP contribution is 2.61. The highest BCUT2D eigenvalue weighted by Gasteiger charge is 2.59. The van der Waals surface area contributed by atoms with Crippen LogP contribution in [0.4, 0.5) is 10.6 Å². The Morgan fingerprint density at radius 2 is 1.88 bits per heavy atom. The predicted octanol–water partition coefficient (Wildman–Crippen LogP) is 3.71. The number of H-pyrrole nitrogens is 1. The molecule has 4 N–H and O–H groups in total. The number of aromatic nitrogens is 2. The molecule has 1 aromatic heterocycles. The zero-order valence-corrected chi connectivity index (χ0v) is 20.5. The molecule has 4 rings (SSSR count). The summed E-state index contributed by atoms with van der Waals surface area (Å²) in [5.74, 6) is 0.566. The zero-order valence-electron chi connectivity index (χ0n) is 19.5. The quantitative estimate of drug-likeness (QED) is 0.498. The summed E-state index contributed by atoms with van der Waals surface area (Å²) in [5.41, 5.74) is 1.86. The van der Waals surface area contributed by atoms with Crippen LogP contribution in [0.1, 0.15) is 49.6 Å². The average molecular weight is 456 g/mol. The van der Waals surface area contributed by atoms with Gasteiger partial charge in [-0.25, -0.2) is 4.79 Å². The van der Waals surface area contributed by atoms with Gasteiger partial charge in [0.2, 0.25) is 5.91 Å². The number of aromatic amines is 1. The second kappa shape index (κ2) is 7.74. The van der Waals surface area contributed by atoms with Crippen molar-refractivity contribution in [2.45, 2.75) is 69.5 Å². The number of fused-ring (bicyclic) bond motifs is 1. The molecule has 2 aromatic rings. The van der Waals surface area contributed by atoms with E-state index in [4.69, 9.17) is 0 Å². The molecule has 1 saturated carbocycles. The van der Waals surface area contributed by atoms with Crippen LogP contribution in [0.2, 0.25) is 24.7 Å². The normalized spacial score (nSPS) is 19.2. The van der Waals surface area contributed by atoms with Crippen LogP contribution in [-0.2, 0) is 16.9 Å². The van der Waals surface area contributed by atoms with Gasteiger partial charge in [-0.1, -0.05) is 50.0 Å². The van der Waals surface area contributed by atoms with Crippen molar-refractivity contribution in [1.29, 1.82) is 0 Å². The number of hydrogen-bond acceptors (Lipinski definition) is 4. The van der Waals surface area contributed by atoms with Crippen LogP contribution in [0.3, 0.4) is 0 Å². The van der Waals surface area contributed by atoms with Gasteiger partial charge < -0.3 is 20.6 Å². The monoisotopic (exact) mass is 455 g/mol. The van der Waals surface area contributed by atoms with Crippen LogP contribution >= 0.6 is 0 Å². The Kier molecular flexibility index (Phi) is 5.45. The van der Waals surface area contributed by atoms with Gasteiger partial charge in [-0.2, -0.15) is 5.10 Å². The molecule has 1 atom stereocenters. The Hall–Kier alpha value is -2.65. The second-order valence-electron chi connectivity index (χ2n) is 10.5. The summed E-state index contributed by atoms with van der Waals surface area (Å²) in [6.45, 7) is 10.7. The molecule has 1 unspecified atom stereocenters. The van der Waals surface area contributed by atoms with E-state index >= 15 is 0 Å². The van der Waals surface area contributed by atoms with Gasteiger partial charge in [0.15, 0.2) is 5.82 Å². The van der Waals surface area contributed by atoms with Gasteiger partial charge in [0, 0.05) is 10.6 Å². The maximum absolute atomic E-state index is 13.2. The van der Waals surface area contributed by atoms with Crippen LogP contribution in [0.15, 0.2) is 30.3 Å². The second-order valence-corrected chi connectivity index (χ2v) is 15.9. The van der Waals surface area contributed by atoms with Gasteiger partial charge in [-0.15, -0.1) is 0 Å². The van der Waals surface area contributed by atoms with E-state index in [0.29, 0.717) is 12.4 Å². The van der Waals surface area contributed by atoms with E-state index < -0.39 is 19.7 Å². The van der Waals surface area contributed by atoms with Crippen molar-refractivity contribution in [3.63, 3.8) is 0 Å². The number of nitrogens with zero attached hydrogens (tertiary/aromatic N) is 2. The molecule has 2 aliphatic rings. The Morgan fingerprint density at radius 3 is 2.44 bits per heavy atom. The highest BCUT2D eigenvalue weighted by atomic mass is 28.3. The SMILES string of the molecule is CC1(C)c2[nH]nc(NC(=O)C3([Si](C)(C)C)CC3)c2CN1C(=O)NC(CO)c1ccccc1. The molecule has 9 heteroatoms. The first-order valence-electron chi connectivity index (χ1n) is 11.1. The van der Waals surface area contributed by atoms with Crippen molar-refractivity contribution in [3.05, 3.63) is 47.2 Å². The van der Waals surface area contributed by atoms with Gasteiger partial charge >= 0.3 is 6.03 Å². The zero-order chi connectivity index (χ0) is 23.3. The lowest BCUT2D eigenvalue weighted by atomic mass is 10.0. The third-order valence-electron chi connectivity index (χ3n) is 7.25. The fourth-order valence-electron chi connectivity index (χ4n) is 4.76. The van der Waals surface area contributed by atoms with Crippen LogP contribution in [0.25, 0.3) is 0 Å². The highest BCUT2D eigenvalue weighted by molar-refractivity contribution is 6.83. The van der Waals surface area contributed by atoms with Crippen molar-refractivity contribution in [1.82, 2.24) is 20.4 Å². The van der Waals surface area contributed by atoms with E-state index in [1.54, 1.807) is 4.90 Å². The molecule has 0 saturated heterocycles. The minimum absolute atomic E-state index is 0.0519. The first-order chi connectivity index (χ1) is 15.0. The number of aliphatic hydroxyl groups is 1. The number of benzene rings is 1. The standard InChI is InChI=1S/C23H33N5O3Si/c1-22(2)18-16(19(27-26-18)25-20(30)23(11-12-23)32(3,4)5)13-28(22)21(31)24-17(14-29)15-9-7-6-8-10-15/h6-10,17,29H,11-14H2,1-5H3,(H,24,31)(H2,25,26,27,30). The Balaban J connectivity index is 1.51. The van der Waals surface area contributed by atoms with Crippen molar-refractivity contribution in [2.24, 2.45) is 0 Å². The molecule has 32 heavy (non-hydrogen) atoms. The average Bonchev–Trinajstić information content (AvgIpc) is 3.41. The smallest absolute Gasteiger partial charge is 0.319 e. The fraction of sp³-hybridized carbons (Fsp3) is 0.522. The number of carbonyl (C=O) groups is 2. The van der Waals surface area contributed by atoms with E-state index in [1.807, 2.05) is 44.2 Å². The van der Waals surface area contributed by atoms with Crippen molar-refractivity contribution in [3.8, 4) is 0 Å². The molecule has 1 aliphatic carbocycles. The number of nitrogens with one attached hydrogen (secondary N) is 3. The Morgan fingerprint density at radius 1 is 1.22 bits per heavy atom. The lowest BCUT2D eigenvalue weighted by molar-refractivity contribution is -0.117. The maximum Gasteiger partial charge on any atom is 0.319 e. The van der Waals surface area contributed by atoms with Crippen LogP contribution in [0, 0.1) is 0 Å². The Labute approximate surface area is 189 Å². The molecule has 0 bridgehead atoms. The molecule has 3 amide bonds.